The van der Waals surface area contributed by atoms with E-state index in [1.807, 2.05) is 0 Å². The van der Waals surface area contributed by atoms with Crippen molar-refractivity contribution in [3.8, 4) is 0 Å². The van der Waals surface area contributed by atoms with Gasteiger partial charge in [-0.15, -0.1) is 0 Å². The van der Waals surface area contributed by atoms with Crippen molar-refractivity contribution in [1.29, 1.82) is 0 Å². The topological polar surface area (TPSA) is 63.3 Å². The second kappa shape index (κ2) is 4.75. The van der Waals surface area contributed by atoms with Gasteiger partial charge in [0.25, 0.3) is 0 Å². The summed E-state index contributed by atoms with van der Waals surface area (Å²) in [7, 11) is 0. The van der Waals surface area contributed by atoms with Crippen molar-refractivity contribution in [2.75, 3.05) is 0 Å². The van der Waals surface area contributed by atoms with Crippen LogP contribution in [0.4, 0.5) is 13.2 Å². The van der Waals surface area contributed by atoms with Crippen molar-refractivity contribution < 1.29 is 27.6 Å². The van der Waals surface area contributed by atoms with Crippen molar-refractivity contribution >= 4 is 5.97 Å². The van der Waals surface area contributed by atoms with Gasteiger partial charge in [-0.3, -0.25) is 0 Å². The first kappa shape index (κ1) is 13.1. The number of aromatic nitrogens is 1. The number of rotatable bonds is 3. The lowest BCUT2D eigenvalue weighted by Crippen LogP contribution is -2.04. The number of nitrogens with zero attached hydrogens (tertiary/aromatic N) is 1. The molecular formula is C12H8F3NO3. The minimum Gasteiger partial charge on any atom is -0.475 e. The quantitative estimate of drug-likeness (QED) is 0.932. The van der Waals surface area contributed by atoms with Crippen molar-refractivity contribution in [1.82, 2.24) is 5.16 Å². The number of aromatic carboxylic acids is 1. The highest BCUT2D eigenvalue weighted by molar-refractivity contribution is 5.84. The van der Waals surface area contributed by atoms with E-state index in [0.717, 1.165) is 12.1 Å². The predicted octanol–water partition coefficient (Wildman–Crippen LogP) is 2.98. The molecule has 0 aliphatic rings. The lowest BCUT2D eigenvalue weighted by molar-refractivity contribution is -0.137. The molecule has 7 heteroatoms. The third kappa shape index (κ3) is 3.12. The van der Waals surface area contributed by atoms with Crippen LogP contribution in [0.2, 0.25) is 0 Å². The summed E-state index contributed by atoms with van der Waals surface area (Å²) in [5.74, 6) is -1.55. The molecule has 0 radical (unpaired) electrons. The van der Waals surface area contributed by atoms with Gasteiger partial charge in [0, 0.05) is 12.5 Å². The normalized spacial score (nSPS) is 11.5. The summed E-state index contributed by atoms with van der Waals surface area (Å²) in [5, 5.41) is 12.2. The summed E-state index contributed by atoms with van der Waals surface area (Å²) < 4.78 is 41.6. The molecule has 2 rings (SSSR count). The molecule has 0 bridgehead atoms. The van der Waals surface area contributed by atoms with E-state index in [9.17, 15) is 18.0 Å². The monoisotopic (exact) mass is 271 g/mol. The van der Waals surface area contributed by atoms with Gasteiger partial charge in [0.15, 0.2) is 0 Å². The van der Waals surface area contributed by atoms with Crippen LogP contribution < -0.4 is 0 Å². The molecule has 0 aliphatic carbocycles. The first-order valence-electron chi connectivity index (χ1n) is 5.21. The van der Waals surface area contributed by atoms with Gasteiger partial charge >= 0.3 is 12.1 Å². The van der Waals surface area contributed by atoms with Gasteiger partial charge in [-0.1, -0.05) is 17.3 Å². The number of carbonyl (C=O) groups is 1. The summed E-state index contributed by atoms with van der Waals surface area (Å²) in [6.07, 6.45) is -4.17. The highest BCUT2D eigenvalue weighted by Gasteiger charge is 2.29. The Bertz CT molecular complexity index is 587. The van der Waals surface area contributed by atoms with Crippen molar-refractivity contribution in [3.63, 3.8) is 0 Å². The van der Waals surface area contributed by atoms with Crippen molar-refractivity contribution in [2.24, 2.45) is 0 Å². The molecule has 0 spiro atoms. The average molecular weight is 271 g/mol. The van der Waals surface area contributed by atoms with Crippen LogP contribution in [0, 0.1) is 0 Å². The second-order valence-corrected chi connectivity index (χ2v) is 3.86. The largest absolute Gasteiger partial charge is 0.475 e. The molecule has 2 aromatic rings. The maximum atomic E-state index is 12.3. The Labute approximate surface area is 105 Å². The SMILES string of the molecule is O=C(O)c1cc(Cc2ccc(C(F)(F)F)cc2)no1. The number of halogens is 3. The Kier molecular flexibility index (Phi) is 3.28. The van der Waals surface area contributed by atoms with E-state index in [1.54, 1.807) is 0 Å². The van der Waals surface area contributed by atoms with Crippen LogP contribution in [0.3, 0.4) is 0 Å². The molecular weight excluding hydrogens is 263 g/mol. The van der Waals surface area contributed by atoms with Crippen LogP contribution in [0.1, 0.15) is 27.4 Å². The Morgan fingerprint density at radius 2 is 1.89 bits per heavy atom. The van der Waals surface area contributed by atoms with Crippen LogP contribution in [0.25, 0.3) is 0 Å². The maximum Gasteiger partial charge on any atom is 0.416 e. The molecule has 1 aromatic heterocycles. The van der Waals surface area contributed by atoms with Crippen LogP contribution in [-0.2, 0) is 12.6 Å². The molecule has 0 unspecified atom stereocenters. The van der Waals surface area contributed by atoms with E-state index in [4.69, 9.17) is 5.11 Å². The van der Waals surface area contributed by atoms with Crippen molar-refractivity contribution in [3.05, 3.63) is 52.9 Å². The minimum atomic E-state index is -4.37. The molecule has 0 fully saturated rings. The van der Waals surface area contributed by atoms with Gasteiger partial charge in [-0.05, 0) is 17.7 Å². The molecule has 0 atom stereocenters. The van der Waals surface area contributed by atoms with Gasteiger partial charge in [-0.2, -0.15) is 13.2 Å². The Hall–Kier alpha value is -2.31. The smallest absolute Gasteiger partial charge is 0.416 e. The molecule has 100 valence electrons. The summed E-state index contributed by atoms with van der Waals surface area (Å²) in [5.41, 5.74) is 0.193. The van der Waals surface area contributed by atoms with E-state index in [-0.39, 0.29) is 12.2 Å². The fourth-order valence-electron chi connectivity index (χ4n) is 1.52. The molecule has 0 saturated carbocycles. The number of alkyl halides is 3. The van der Waals surface area contributed by atoms with E-state index < -0.39 is 17.7 Å². The Balaban J connectivity index is 2.13. The summed E-state index contributed by atoms with van der Waals surface area (Å²) in [4.78, 5) is 10.6. The molecule has 0 amide bonds. The Morgan fingerprint density at radius 3 is 2.37 bits per heavy atom. The molecule has 0 aliphatic heterocycles. The van der Waals surface area contributed by atoms with Gasteiger partial charge < -0.3 is 9.63 Å². The second-order valence-electron chi connectivity index (χ2n) is 3.86. The zero-order chi connectivity index (χ0) is 14.0. The summed E-state index contributed by atoms with van der Waals surface area (Å²) in [6.45, 7) is 0. The number of carboxylic acids is 1. The lowest BCUT2D eigenvalue weighted by atomic mass is 10.1. The van der Waals surface area contributed by atoms with Gasteiger partial charge in [-0.25, -0.2) is 4.79 Å². The molecule has 1 heterocycles. The first-order chi connectivity index (χ1) is 8.86. The number of benzene rings is 1. The van der Waals surface area contributed by atoms with E-state index in [2.05, 4.69) is 9.68 Å². The summed E-state index contributed by atoms with van der Waals surface area (Å²) >= 11 is 0. The van der Waals surface area contributed by atoms with Crippen molar-refractivity contribution in [2.45, 2.75) is 12.6 Å². The summed E-state index contributed by atoms with van der Waals surface area (Å²) in [6, 6.07) is 5.80. The van der Waals surface area contributed by atoms with Crippen LogP contribution in [-0.4, -0.2) is 16.2 Å². The first-order valence-corrected chi connectivity index (χ1v) is 5.21. The standard InChI is InChI=1S/C12H8F3NO3/c13-12(14,15)8-3-1-7(2-4-8)5-9-6-10(11(17)18)19-16-9/h1-4,6H,5H2,(H,17,18). The van der Waals surface area contributed by atoms with Crippen LogP contribution in [0.15, 0.2) is 34.9 Å². The van der Waals surface area contributed by atoms with Gasteiger partial charge in [0.2, 0.25) is 5.76 Å². The molecule has 1 aromatic carbocycles. The average Bonchev–Trinajstić information content (AvgIpc) is 2.77. The minimum absolute atomic E-state index is 0.203. The lowest BCUT2D eigenvalue weighted by Gasteiger charge is -2.06. The van der Waals surface area contributed by atoms with Crippen LogP contribution in [0.5, 0.6) is 0 Å². The number of hydrogen-bond acceptors (Lipinski definition) is 3. The fourth-order valence-corrected chi connectivity index (χ4v) is 1.52. The molecule has 19 heavy (non-hydrogen) atoms. The Morgan fingerprint density at radius 1 is 1.26 bits per heavy atom. The predicted molar refractivity (Wildman–Crippen MR) is 57.7 cm³/mol. The zero-order valence-corrected chi connectivity index (χ0v) is 9.44. The zero-order valence-electron chi connectivity index (χ0n) is 9.44. The van der Waals surface area contributed by atoms with E-state index in [1.165, 1.54) is 18.2 Å². The van der Waals surface area contributed by atoms with E-state index in [0.29, 0.717) is 11.3 Å². The third-order valence-corrected chi connectivity index (χ3v) is 2.44. The molecule has 1 N–H and O–H groups in total. The van der Waals surface area contributed by atoms with Crippen LogP contribution >= 0.6 is 0 Å². The highest BCUT2D eigenvalue weighted by Crippen LogP contribution is 2.29. The maximum absolute atomic E-state index is 12.3. The fraction of sp³-hybridized carbons (Fsp3) is 0.167. The highest BCUT2D eigenvalue weighted by atomic mass is 19.4. The van der Waals surface area contributed by atoms with E-state index >= 15 is 0 Å². The third-order valence-electron chi connectivity index (χ3n) is 2.44. The molecule has 0 saturated heterocycles. The number of carboxylic acid groups (broad SMARTS) is 1. The number of hydrogen-bond donors (Lipinski definition) is 1. The van der Waals surface area contributed by atoms with Gasteiger partial charge in [0.1, 0.15) is 0 Å². The van der Waals surface area contributed by atoms with Gasteiger partial charge in [0.05, 0.1) is 11.3 Å². The molecule has 4 nitrogen and oxygen atoms in total.